The molecule has 0 aliphatic carbocycles. The molecule has 0 spiro atoms. The van der Waals surface area contributed by atoms with Crippen LogP contribution in [0.25, 0.3) is 10.9 Å². The van der Waals surface area contributed by atoms with Gasteiger partial charge in [-0.15, -0.1) is 0 Å². The normalized spacial score (nSPS) is 13.4. The summed E-state index contributed by atoms with van der Waals surface area (Å²) in [5.41, 5.74) is 10.7. The van der Waals surface area contributed by atoms with E-state index in [2.05, 4.69) is 37.0 Å². The molecule has 1 atom stereocenters. The topological polar surface area (TPSA) is 41.8 Å². The summed E-state index contributed by atoms with van der Waals surface area (Å²) in [4.78, 5) is 3.35. The Kier molecular flexibility index (Phi) is 2.08. The fourth-order valence-electron chi connectivity index (χ4n) is 1.87. The van der Waals surface area contributed by atoms with Crippen LogP contribution in [0.5, 0.6) is 0 Å². The first-order chi connectivity index (χ1) is 6.58. The van der Waals surface area contributed by atoms with Crippen LogP contribution in [0.2, 0.25) is 0 Å². The first kappa shape index (κ1) is 9.28. The molecule has 14 heavy (non-hydrogen) atoms. The highest BCUT2D eigenvalue weighted by Gasteiger charge is 2.06. The van der Waals surface area contributed by atoms with Crippen molar-refractivity contribution in [3.05, 3.63) is 35.0 Å². The van der Waals surface area contributed by atoms with Crippen LogP contribution in [0.15, 0.2) is 18.2 Å². The van der Waals surface area contributed by atoms with Crippen molar-refractivity contribution in [2.24, 2.45) is 5.73 Å². The van der Waals surface area contributed by atoms with Crippen LogP contribution in [0.1, 0.15) is 29.8 Å². The largest absolute Gasteiger partial charge is 0.357 e. The molecule has 0 saturated heterocycles. The summed E-state index contributed by atoms with van der Waals surface area (Å²) in [6.07, 6.45) is 0. The molecular weight excluding hydrogens is 172 g/mol. The number of nitrogens with two attached hydrogens (primary N) is 1. The van der Waals surface area contributed by atoms with Crippen LogP contribution in [0.3, 0.4) is 0 Å². The second-order valence-electron chi connectivity index (χ2n) is 4.06. The summed E-state index contributed by atoms with van der Waals surface area (Å²) in [5.74, 6) is 0. The molecule has 0 saturated carbocycles. The van der Waals surface area contributed by atoms with E-state index in [0.717, 1.165) is 5.69 Å². The molecule has 0 aliphatic heterocycles. The first-order valence-electron chi connectivity index (χ1n) is 4.93. The van der Waals surface area contributed by atoms with Crippen molar-refractivity contribution in [1.82, 2.24) is 4.98 Å². The minimum absolute atomic E-state index is 0.0714. The molecule has 2 heteroatoms. The minimum atomic E-state index is 0.0714. The highest BCUT2D eigenvalue weighted by molar-refractivity contribution is 5.84. The van der Waals surface area contributed by atoms with Gasteiger partial charge in [-0.2, -0.15) is 0 Å². The van der Waals surface area contributed by atoms with E-state index in [1.165, 1.54) is 22.0 Å². The minimum Gasteiger partial charge on any atom is -0.357 e. The fraction of sp³-hybridized carbons (Fsp3) is 0.333. The summed E-state index contributed by atoms with van der Waals surface area (Å²) < 4.78 is 0. The quantitative estimate of drug-likeness (QED) is 0.710. The number of aromatic nitrogens is 1. The van der Waals surface area contributed by atoms with Gasteiger partial charge in [-0.05, 0) is 44.0 Å². The molecule has 1 aromatic carbocycles. The third-order valence-electron chi connectivity index (χ3n) is 2.60. The Balaban J connectivity index is 2.70. The Morgan fingerprint density at radius 3 is 2.57 bits per heavy atom. The third kappa shape index (κ3) is 1.42. The average Bonchev–Trinajstić information content (AvgIpc) is 2.47. The molecule has 0 radical (unpaired) electrons. The van der Waals surface area contributed by atoms with Crippen LogP contribution in [0, 0.1) is 13.8 Å². The number of rotatable bonds is 1. The molecule has 1 unspecified atom stereocenters. The Morgan fingerprint density at radius 2 is 1.93 bits per heavy atom. The predicted octanol–water partition coefficient (Wildman–Crippen LogP) is 2.80. The number of benzene rings is 1. The number of fused-ring (bicyclic) bond motifs is 1. The summed E-state index contributed by atoms with van der Waals surface area (Å²) >= 11 is 0. The van der Waals surface area contributed by atoms with Gasteiger partial charge in [0.05, 0.1) is 0 Å². The predicted molar refractivity (Wildman–Crippen MR) is 60.4 cm³/mol. The van der Waals surface area contributed by atoms with E-state index in [-0.39, 0.29) is 6.04 Å². The van der Waals surface area contributed by atoms with Gasteiger partial charge >= 0.3 is 0 Å². The van der Waals surface area contributed by atoms with Gasteiger partial charge in [-0.3, -0.25) is 0 Å². The van der Waals surface area contributed by atoms with E-state index in [0.29, 0.717) is 0 Å². The molecule has 0 bridgehead atoms. The molecule has 0 aliphatic rings. The number of hydrogen-bond acceptors (Lipinski definition) is 1. The Hall–Kier alpha value is -1.28. The van der Waals surface area contributed by atoms with E-state index in [4.69, 9.17) is 5.73 Å². The van der Waals surface area contributed by atoms with Crippen molar-refractivity contribution < 1.29 is 0 Å². The lowest BCUT2D eigenvalue weighted by atomic mass is 10.1. The molecule has 0 amide bonds. The van der Waals surface area contributed by atoms with Crippen molar-refractivity contribution in [1.29, 1.82) is 0 Å². The number of nitrogens with one attached hydrogen (secondary N) is 1. The van der Waals surface area contributed by atoms with E-state index < -0.39 is 0 Å². The summed E-state index contributed by atoms with van der Waals surface area (Å²) in [7, 11) is 0. The van der Waals surface area contributed by atoms with Crippen molar-refractivity contribution in [3.63, 3.8) is 0 Å². The Bertz CT molecular complexity index is 466. The molecule has 1 aromatic heterocycles. The van der Waals surface area contributed by atoms with E-state index in [1.54, 1.807) is 0 Å². The van der Waals surface area contributed by atoms with Crippen LogP contribution in [-0.2, 0) is 0 Å². The summed E-state index contributed by atoms with van der Waals surface area (Å²) in [5, 5.41) is 1.28. The standard InChI is InChI=1S/C12H16N2/c1-7-4-8(2)10-6-11(9(3)13)14-12(10)5-7/h4-6,9,14H,13H2,1-3H3. The zero-order valence-corrected chi connectivity index (χ0v) is 8.89. The van der Waals surface area contributed by atoms with Gasteiger partial charge in [-0.25, -0.2) is 0 Å². The average molecular weight is 188 g/mol. The van der Waals surface area contributed by atoms with E-state index >= 15 is 0 Å². The van der Waals surface area contributed by atoms with Gasteiger partial charge in [0.1, 0.15) is 0 Å². The van der Waals surface area contributed by atoms with Crippen molar-refractivity contribution in [2.75, 3.05) is 0 Å². The number of H-pyrrole nitrogens is 1. The smallest absolute Gasteiger partial charge is 0.0461 e. The van der Waals surface area contributed by atoms with Crippen molar-refractivity contribution in [3.8, 4) is 0 Å². The molecule has 1 heterocycles. The van der Waals surface area contributed by atoms with Crippen LogP contribution in [-0.4, -0.2) is 4.98 Å². The van der Waals surface area contributed by atoms with Gasteiger partial charge in [0.25, 0.3) is 0 Å². The molecule has 74 valence electrons. The zero-order chi connectivity index (χ0) is 10.3. The molecule has 2 nitrogen and oxygen atoms in total. The van der Waals surface area contributed by atoms with Gasteiger partial charge in [-0.1, -0.05) is 6.07 Å². The highest BCUT2D eigenvalue weighted by Crippen LogP contribution is 2.23. The monoisotopic (exact) mass is 188 g/mol. The molecule has 2 aromatic rings. The molecule has 0 fully saturated rings. The summed E-state index contributed by atoms with van der Waals surface area (Å²) in [6, 6.07) is 6.58. The summed E-state index contributed by atoms with van der Waals surface area (Å²) in [6.45, 7) is 6.24. The lowest BCUT2D eigenvalue weighted by molar-refractivity contribution is 0.792. The maximum atomic E-state index is 5.83. The first-order valence-corrected chi connectivity index (χ1v) is 4.93. The molecule has 3 N–H and O–H groups in total. The van der Waals surface area contributed by atoms with Gasteiger partial charge in [0.2, 0.25) is 0 Å². The maximum absolute atomic E-state index is 5.83. The zero-order valence-electron chi connectivity index (χ0n) is 8.89. The third-order valence-corrected chi connectivity index (χ3v) is 2.60. The van der Waals surface area contributed by atoms with Crippen molar-refractivity contribution in [2.45, 2.75) is 26.8 Å². The number of hydrogen-bond donors (Lipinski definition) is 2. The Morgan fingerprint density at radius 1 is 1.21 bits per heavy atom. The Labute approximate surface area is 84.1 Å². The SMILES string of the molecule is Cc1cc(C)c2cc(C(C)N)[nH]c2c1. The molecule has 2 rings (SSSR count). The lowest BCUT2D eigenvalue weighted by Gasteiger charge is -1.98. The fourth-order valence-corrected chi connectivity index (χ4v) is 1.87. The molecular formula is C12H16N2. The van der Waals surface area contributed by atoms with Gasteiger partial charge in [0, 0.05) is 22.6 Å². The second-order valence-corrected chi connectivity index (χ2v) is 4.06. The van der Waals surface area contributed by atoms with Crippen LogP contribution in [0.4, 0.5) is 0 Å². The number of aryl methyl sites for hydroxylation is 2. The van der Waals surface area contributed by atoms with Crippen molar-refractivity contribution >= 4 is 10.9 Å². The van der Waals surface area contributed by atoms with E-state index in [9.17, 15) is 0 Å². The maximum Gasteiger partial charge on any atom is 0.0461 e. The van der Waals surface area contributed by atoms with Crippen LogP contribution < -0.4 is 5.73 Å². The van der Waals surface area contributed by atoms with Gasteiger partial charge < -0.3 is 10.7 Å². The highest BCUT2D eigenvalue weighted by atomic mass is 14.8. The number of aromatic amines is 1. The second kappa shape index (κ2) is 3.14. The van der Waals surface area contributed by atoms with E-state index in [1.807, 2.05) is 6.92 Å². The van der Waals surface area contributed by atoms with Crippen LogP contribution >= 0.6 is 0 Å². The van der Waals surface area contributed by atoms with Gasteiger partial charge in [0.15, 0.2) is 0 Å². The lowest BCUT2D eigenvalue weighted by Crippen LogP contribution is -2.04.